The number of rotatable bonds is 3. The van der Waals surface area contributed by atoms with Crippen molar-refractivity contribution in [2.24, 2.45) is 11.8 Å². The fraction of sp³-hybridized carbons (Fsp3) is 0.692. The molecule has 5 heteroatoms. The predicted octanol–water partition coefficient (Wildman–Crippen LogP) is 2.02. The van der Waals surface area contributed by atoms with Crippen LogP contribution in [0.4, 0.5) is 5.82 Å². The molecule has 2 N–H and O–H groups in total. The van der Waals surface area contributed by atoms with Gasteiger partial charge in [-0.3, -0.25) is 4.79 Å². The maximum atomic E-state index is 11.6. The van der Waals surface area contributed by atoms with E-state index >= 15 is 0 Å². The lowest BCUT2D eigenvalue weighted by Gasteiger charge is -2.32. The summed E-state index contributed by atoms with van der Waals surface area (Å²) in [6, 6.07) is 0.368. The summed E-state index contributed by atoms with van der Waals surface area (Å²) in [5.41, 5.74) is -0.244. The van der Waals surface area contributed by atoms with Gasteiger partial charge in [-0.25, -0.2) is 4.98 Å². The number of H-pyrrole nitrogens is 1. The summed E-state index contributed by atoms with van der Waals surface area (Å²) in [7, 11) is 1.49. The third-order valence-corrected chi connectivity index (χ3v) is 3.53. The second-order valence-corrected chi connectivity index (χ2v) is 5.37. The van der Waals surface area contributed by atoms with Crippen LogP contribution in [0.3, 0.4) is 0 Å². The highest BCUT2D eigenvalue weighted by Crippen LogP contribution is 2.31. The smallest absolute Gasteiger partial charge is 0.295 e. The molecular formula is C13H21N3O2. The standard InChI is InChI=1S/C13H21N3O2/c1-8-4-9(2)6-10(5-8)16-12-11(18-3)13(17)15-7-14-12/h7-10H,4-6H2,1-3H3,(H2,14,15,16,17). The van der Waals surface area contributed by atoms with Crippen LogP contribution in [0, 0.1) is 11.8 Å². The molecule has 0 saturated heterocycles. The Kier molecular flexibility index (Phi) is 3.89. The van der Waals surface area contributed by atoms with Crippen LogP contribution in [0.1, 0.15) is 33.1 Å². The Morgan fingerprint density at radius 1 is 1.33 bits per heavy atom. The summed E-state index contributed by atoms with van der Waals surface area (Å²) in [5.74, 6) is 2.23. The van der Waals surface area contributed by atoms with Crippen molar-refractivity contribution in [3.63, 3.8) is 0 Å². The zero-order chi connectivity index (χ0) is 13.1. The van der Waals surface area contributed by atoms with Crippen molar-refractivity contribution in [1.82, 2.24) is 9.97 Å². The first-order chi connectivity index (χ1) is 8.60. The van der Waals surface area contributed by atoms with Crippen LogP contribution in [-0.4, -0.2) is 23.1 Å². The number of nitrogens with zero attached hydrogens (tertiary/aromatic N) is 1. The second kappa shape index (κ2) is 5.42. The number of anilines is 1. The summed E-state index contributed by atoms with van der Waals surface area (Å²) in [4.78, 5) is 18.3. The summed E-state index contributed by atoms with van der Waals surface area (Å²) >= 11 is 0. The highest BCUT2D eigenvalue weighted by atomic mass is 16.5. The van der Waals surface area contributed by atoms with Crippen molar-refractivity contribution in [1.29, 1.82) is 0 Å². The lowest BCUT2D eigenvalue weighted by atomic mass is 9.80. The van der Waals surface area contributed by atoms with Gasteiger partial charge in [-0.15, -0.1) is 0 Å². The predicted molar refractivity (Wildman–Crippen MR) is 71.0 cm³/mol. The van der Waals surface area contributed by atoms with Crippen LogP contribution in [0.2, 0.25) is 0 Å². The molecule has 5 nitrogen and oxygen atoms in total. The van der Waals surface area contributed by atoms with Gasteiger partial charge in [0.2, 0.25) is 5.75 Å². The number of aromatic amines is 1. The van der Waals surface area contributed by atoms with E-state index in [1.54, 1.807) is 0 Å². The van der Waals surface area contributed by atoms with Crippen molar-refractivity contribution in [2.75, 3.05) is 12.4 Å². The highest BCUT2D eigenvalue weighted by molar-refractivity contribution is 5.48. The molecule has 0 amide bonds. The molecule has 0 spiro atoms. The molecule has 0 aromatic carbocycles. The number of hydrogen-bond donors (Lipinski definition) is 2. The third-order valence-electron chi connectivity index (χ3n) is 3.53. The monoisotopic (exact) mass is 251 g/mol. The molecule has 2 atom stereocenters. The average molecular weight is 251 g/mol. The van der Waals surface area contributed by atoms with Gasteiger partial charge < -0.3 is 15.0 Å². The molecule has 1 aliphatic rings. The Labute approximate surface area is 107 Å². The van der Waals surface area contributed by atoms with Gasteiger partial charge in [0.1, 0.15) is 0 Å². The molecule has 0 bridgehead atoms. The van der Waals surface area contributed by atoms with Gasteiger partial charge in [0.05, 0.1) is 13.4 Å². The van der Waals surface area contributed by atoms with Gasteiger partial charge in [0.25, 0.3) is 5.56 Å². The highest BCUT2D eigenvalue weighted by Gasteiger charge is 2.25. The molecule has 1 aliphatic carbocycles. The molecule has 1 fully saturated rings. The lowest BCUT2D eigenvalue weighted by molar-refractivity contribution is 0.280. The topological polar surface area (TPSA) is 67.0 Å². The maximum Gasteiger partial charge on any atom is 0.295 e. The minimum Gasteiger partial charge on any atom is -0.489 e. The Balaban J connectivity index is 2.14. The van der Waals surface area contributed by atoms with E-state index in [4.69, 9.17) is 4.74 Å². The van der Waals surface area contributed by atoms with Crippen molar-refractivity contribution in [3.8, 4) is 5.75 Å². The van der Waals surface area contributed by atoms with E-state index in [0.29, 0.717) is 23.7 Å². The van der Waals surface area contributed by atoms with Gasteiger partial charge in [0, 0.05) is 6.04 Å². The summed E-state index contributed by atoms with van der Waals surface area (Å²) in [5, 5.41) is 3.35. The van der Waals surface area contributed by atoms with E-state index in [1.807, 2.05) is 0 Å². The van der Waals surface area contributed by atoms with Crippen LogP contribution in [0.15, 0.2) is 11.1 Å². The molecule has 1 aromatic rings. The number of methoxy groups -OCH3 is 1. The first-order valence-electron chi connectivity index (χ1n) is 6.48. The summed E-state index contributed by atoms with van der Waals surface area (Å²) in [6.45, 7) is 4.54. The van der Waals surface area contributed by atoms with E-state index in [2.05, 4.69) is 29.1 Å². The van der Waals surface area contributed by atoms with Crippen LogP contribution in [-0.2, 0) is 0 Å². The molecule has 1 saturated carbocycles. The second-order valence-electron chi connectivity index (χ2n) is 5.37. The number of aromatic nitrogens is 2. The Morgan fingerprint density at radius 2 is 2.00 bits per heavy atom. The van der Waals surface area contributed by atoms with Crippen molar-refractivity contribution < 1.29 is 4.74 Å². The molecule has 0 aliphatic heterocycles. The zero-order valence-electron chi connectivity index (χ0n) is 11.2. The average Bonchev–Trinajstić information content (AvgIpc) is 2.27. The van der Waals surface area contributed by atoms with Crippen molar-refractivity contribution in [2.45, 2.75) is 39.2 Å². The van der Waals surface area contributed by atoms with Crippen LogP contribution in [0.25, 0.3) is 0 Å². The van der Waals surface area contributed by atoms with E-state index in [1.165, 1.54) is 19.9 Å². The lowest BCUT2D eigenvalue weighted by Crippen LogP contribution is -2.31. The zero-order valence-corrected chi connectivity index (χ0v) is 11.2. The van der Waals surface area contributed by atoms with E-state index < -0.39 is 0 Å². The van der Waals surface area contributed by atoms with Crippen molar-refractivity contribution >= 4 is 5.82 Å². The van der Waals surface area contributed by atoms with Gasteiger partial charge in [-0.05, 0) is 31.1 Å². The quantitative estimate of drug-likeness (QED) is 0.862. The van der Waals surface area contributed by atoms with Gasteiger partial charge in [-0.2, -0.15) is 0 Å². The first-order valence-corrected chi connectivity index (χ1v) is 6.48. The van der Waals surface area contributed by atoms with Gasteiger partial charge in [0.15, 0.2) is 5.82 Å². The molecule has 0 radical (unpaired) electrons. The van der Waals surface area contributed by atoms with Gasteiger partial charge >= 0.3 is 0 Å². The van der Waals surface area contributed by atoms with Crippen molar-refractivity contribution in [3.05, 3.63) is 16.7 Å². The van der Waals surface area contributed by atoms with Crippen LogP contribution >= 0.6 is 0 Å². The summed E-state index contributed by atoms with van der Waals surface area (Å²) in [6.07, 6.45) is 4.91. The molecule has 18 heavy (non-hydrogen) atoms. The van der Waals surface area contributed by atoms with E-state index in [0.717, 1.165) is 12.8 Å². The van der Waals surface area contributed by atoms with Crippen LogP contribution in [0.5, 0.6) is 5.75 Å². The minimum atomic E-state index is -0.244. The normalized spacial score (nSPS) is 27.8. The number of ether oxygens (including phenoxy) is 1. The molecule has 1 aromatic heterocycles. The molecule has 1 heterocycles. The fourth-order valence-electron chi connectivity index (χ4n) is 2.94. The SMILES string of the molecule is COc1c(NC2CC(C)CC(C)C2)nc[nH]c1=O. The van der Waals surface area contributed by atoms with Crippen LogP contribution < -0.4 is 15.6 Å². The Morgan fingerprint density at radius 3 is 2.61 bits per heavy atom. The molecule has 2 rings (SSSR count). The molecule has 100 valence electrons. The largest absolute Gasteiger partial charge is 0.489 e. The van der Waals surface area contributed by atoms with Gasteiger partial charge in [-0.1, -0.05) is 13.8 Å². The first kappa shape index (κ1) is 12.9. The number of nitrogens with one attached hydrogen (secondary N) is 2. The Bertz CT molecular complexity index is 448. The summed E-state index contributed by atoms with van der Waals surface area (Å²) < 4.78 is 5.10. The Hall–Kier alpha value is -1.52. The number of hydrogen-bond acceptors (Lipinski definition) is 4. The third kappa shape index (κ3) is 2.83. The fourth-order valence-corrected chi connectivity index (χ4v) is 2.94. The van der Waals surface area contributed by atoms with E-state index in [9.17, 15) is 4.79 Å². The molecule has 2 unspecified atom stereocenters. The minimum absolute atomic E-state index is 0.244. The molecular weight excluding hydrogens is 230 g/mol. The maximum absolute atomic E-state index is 11.6. The van der Waals surface area contributed by atoms with E-state index in [-0.39, 0.29) is 11.3 Å².